The van der Waals surface area contributed by atoms with Crippen LogP contribution >= 0.6 is 0 Å². The Bertz CT molecular complexity index is 992. The van der Waals surface area contributed by atoms with E-state index in [-0.39, 0.29) is 11.6 Å². The van der Waals surface area contributed by atoms with Crippen LogP contribution in [0.4, 0.5) is 5.69 Å². The Kier molecular flexibility index (Phi) is 2.79. The number of rotatable bonds is 2. The molecule has 0 saturated heterocycles. The number of anilines is 1. The lowest BCUT2D eigenvalue weighted by molar-refractivity contribution is 0.102. The van der Waals surface area contributed by atoms with E-state index in [2.05, 4.69) is 25.5 Å². The van der Waals surface area contributed by atoms with Gasteiger partial charge in [0.15, 0.2) is 0 Å². The van der Waals surface area contributed by atoms with Gasteiger partial charge in [-0.2, -0.15) is 5.10 Å². The number of amides is 1. The van der Waals surface area contributed by atoms with Crippen LogP contribution in [0.5, 0.6) is 0 Å². The quantitative estimate of drug-likeness (QED) is 0.594. The molecule has 0 bridgehead atoms. The topological polar surface area (TPSA) is 83.6 Å². The van der Waals surface area contributed by atoms with Gasteiger partial charge in [-0.15, -0.1) is 0 Å². The maximum Gasteiger partial charge on any atom is 0.275 e. The number of nitrogens with zero attached hydrogens (tertiary/aromatic N) is 3. The number of carbonyl (C=O) groups is 1. The largest absolute Gasteiger partial charge is 0.321 e. The first-order valence-electron chi connectivity index (χ1n) is 6.76. The number of carbonyl (C=O) groups excluding carboxylic acids is 1. The molecule has 2 N–H and O–H groups in total. The Balaban J connectivity index is 1.64. The predicted molar refractivity (Wildman–Crippen MR) is 83.6 cm³/mol. The molecule has 1 amide bonds. The van der Waals surface area contributed by atoms with Crippen molar-refractivity contribution in [2.45, 2.75) is 0 Å². The van der Waals surface area contributed by atoms with E-state index in [1.54, 1.807) is 6.20 Å². The third-order valence-corrected chi connectivity index (χ3v) is 3.38. The molecule has 4 aromatic rings. The fraction of sp³-hybridized carbons (Fsp3) is 0. The van der Waals surface area contributed by atoms with E-state index in [0.29, 0.717) is 11.2 Å². The lowest BCUT2D eigenvalue weighted by Crippen LogP contribution is -2.14. The maximum atomic E-state index is 12.3. The average molecular weight is 289 g/mol. The molecule has 0 saturated carbocycles. The third-order valence-electron chi connectivity index (χ3n) is 3.38. The van der Waals surface area contributed by atoms with Gasteiger partial charge in [-0.05, 0) is 30.3 Å². The van der Waals surface area contributed by atoms with Crippen LogP contribution in [0.2, 0.25) is 0 Å². The van der Waals surface area contributed by atoms with Crippen molar-refractivity contribution in [3.05, 3.63) is 60.6 Å². The second kappa shape index (κ2) is 4.92. The van der Waals surface area contributed by atoms with E-state index in [0.717, 1.165) is 16.4 Å². The van der Waals surface area contributed by atoms with Crippen molar-refractivity contribution in [2.75, 3.05) is 5.32 Å². The van der Waals surface area contributed by atoms with Gasteiger partial charge >= 0.3 is 0 Å². The molecule has 2 aromatic heterocycles. The van der Waals surface area contributed by atoms with Gasteiger partial charge in [0.25, 0.3) is 5.91 Å². The van der Waals surface area contributed by atoms with Gasteiger partial charge in [0.2, 0.25) is 0 Å². The van der Waals surface area contributed by atoms with Crippen LogP contribution in [0.1, 0.15) is 10.5 Å². The zero-order valence-corrected chi connectivity index (χ0v) is 11.4. The van der Waals surface area contributed by atoms with Gasteiger partial charge in [0, 0.05) is 11.1 Å². The van der Waals surface area contributed by atoms with Crippen LogP contribution < -0.4 is 5.32 Å². The normalized spacial score (nSPS) is 10.9. The van der Waals surface area contributed by atoms with Gasteiger partial charge in [0.1, 0.15) is 5.69 Å². The Morgan fingerprint density at radius 1 is 1.05 bits per heavy atom. The predicted octanol–water partition coefficient (Wildman–Crippen LogP) is 2.76. The van der Waals surface area contributed by atoms with Crippen molar-refractivity contribution in [1.29, 1.82) is 0 Å². The first-order chi connectivity index (χ1) is 10.8. The number of aromatic amines is 1. The number of benzene rings is 2. The summed E-state index contributed by atoms with van der Waals surface area (Å²) in [5, 5.41) is 10.6. The fourth-order valence-corrected chi connectivity index (χ4v) is 2.28. The molecule has 2 aromatic carbocycles. The zero-order chi connectivity index (χ0) is 14.9. The number of hydrogen-bond donors (Lipinski definition) is 2. The Hall–Kier alpha value is -3.28. The van der Waals surface area contributed by atoms with Crippen molar-refractivity contribution in [3.63, 3.8) is 0 Å². The molecule has 0 aliphatic rings. The fourth-order valence-electron chi connectivity index (χ4n) is 2.28. The van der Waals surface area contributed by atoms with Crippen molar-refractivity contribution < 1.29 is 4.79 Å². The molecule has 2 heterocycles. The first-order valence-corrected chi connectivity index (χ1v) is 6.76. The highest BCUT2D eigenvalue weighted by Gasteiger charge is 2.10. The van der Waals surface area contributed by atoms with Crippen molar-refractivity contribution in [2.24, 2.45) is 0 Å². The highest BCUT2D eigenvalue weighted by atomic mass is 16.1. The number of H-pyrrole nitrogens is 1. The summed E-state index contributed by atoms with van der Waals surface area (Å²) in [6, 6.07) is 13.0. The van der Waals surface area contributed by atoms with Crippen molar-refractivity contribution >= 4 is 33.5 Å². The maximum absolute atomic E-state index is 12.3. The smallest absolute Gasteiger partial charge is 0.275 e. The Morgan fingerprint density at radius 3 is 2.82 bits per heavy atom. The molecule has 4 rings (SSSR count). The van der Waals surface area contributed by atoms with Crippen LogP contribution in [0.25, 0.3) is 21.9 Å². The van der Waals surface area contributed by atoms with E-state index >= 15 is 0 Å². The SMILES string of the molecule is O=C(Nc1ccc2cn[nH]c2c1)c1cnc2ccccc2n1. The Labute approximate surface area is 125 Å². The van der Waals surface area contributed by atoms with E-state index in [9.17, 15) is 4.79 Å². The number of fused-ring (bicyclic) bond motifs is 2. The monoisotopic (exact) mass is 289 g/mol. The molecule has 6 heteroatoms. The Morgan fingerprint density at radius 2 is 1.91 bits per heavy atom. The molecule has 22 heavy (non-hydrogen) atoms. The second-order valence-electron chi connectivity index (χ2n) is 4.87. The van der Waals surface area contributed by atoms with E-state index in [1.807, 2.05) is 42.5 Å². The van der Waals surface area contributed by atoms with E-state index in [4.69, 9.17) is 0 Å². The van der Waals surface area contributed by atoms with Gasteiger partial charge in [-0.25, -0.2) is 4.98 Å². The average Bonchev–Trinajstić information content (AvgIpc) is 3.02. The molecule has 0 fully saturated rings. The summed E-state index contributed by atoms with van der Waals surface area (Å²) in [5.74, 6) is -0.294. The number of hydrogen-bond acceptors (Lipinski definition) is 4. The molecule has 0 atom stereocenters. The number of para-hydroxylation sites is 2. The summed E-state index contributed by atoms with van der Waals surface area (Å²) < 4.78 is 0. The lowest BCUT2D eigenvalue weighted by Gasteiger charge is -2.05. The molecule has 0 aliphatic heterocycles. The minimum atomic E-state index is -0.294. The van der Waals surface area contributed by atoms with Gasteiger partial charge < -0.3 is 5.32 Å². The molecule has 0 spiro atoms. The molecule has 0 aliphatic carbocycles. The highest BCUT2D eigenvalue weighted by molar-refractivity contribution is 6.04. The van der Waals surface area contributed by atoms with Gasteiger partial charge in [-0.1, -0.05) is 12.1 Å². The number of aromatic nitrogens is 4. The standard InChI is InChI=1S/C16H11N5O/c22-16(15-9-17-12-3-1-2-4-13(12)20-15)19-11-6-5-10-8-18-21-14(10)7-11/h1-9H,(H,18,21)(H,19,22). The molecule has 0 radical (unpaired) electrons. The molecular formula is C16H11N5O. The third kappa shape index (κ3) is 2.16. The van der Waals surface area contributed by atoms with Gasteiger partial charge in [-0.3, -0.25) is 14.9 Å². The summed E-state index contributed by atoms with van der Waals surface area (Å²) >= 11 is 0. The summed E-state index contributed by atoms with van der Waals surface area (Å²) in [4.78, 5) is 20.9. The second-order valence-corrected chi connectivity index (χ2v) is 4.87. The molecular weight excluding hydrogens is 278 g/mol. The molecule has 6 nitrogen and oxygen atoms in total. The summed E-state index contributed by atoms with van der Waals surface area (Å²) in [6.45, 7) is 0. The summed E-state index contributed by atoms with van der Waals surface area (Å²) in [5.41, 5.74) is 3.28. The minimum Gasteiger partial charge on any atom is -0.321 e. The highest BCUT2D eigenvalue weighted by Crippen LogP contribution is 2.17. The van der Waals surface area contributed by atoms with Crippen molar-refractivity contribution in [3.8, 4) is 0 Å². The van der Waals surface area contributed by atoms with E-state index in [1.165, 1.54) is 6.20 Å². The van der Waals surface area contributed by atoms with Crippen LogP contribution in [-0.4, -0.2) is 26.1 Å². The molecule has 106 valence electrons. The van der Waals surface area contributed by atoms with Crippen LogP contribution in [0, 0.1) is 0 Å². The summed E-state index contributed by atoms with van der Waals surface area (Å²) in [7, 11) is 0. The van der Waals surface area contributed by atoms with Crippen LogP contribution in [0.3, 0.4) is 0 Å². The van der Waals surface area contributed by atoms with Crippen molar-refractivity contribution in [1.82, 2.24) is 20.2 Å². The first kappa shape index (κ1) is 12.5. The van der Waals surface area contributed by atoms with Gasteiger partial charge in [0.05, 0.1) is 28.9 Å². The lowest BCUT2D eigenvalue weighted by atomic mass is 10.2. The van der Waals surface area contributed by atoms with Crippen LogP contribution in [0.15, 0.2) is 54.9 Å². The van der Waals surface area contributed by atoms with Crippen LogP contribution in [-0.2, 0) is 0 Å². The van der Waals surface area contributed by atoms with E-state index < -0.39 is 0 Å². The molecule has 0 unspecified atom stereocenters. The zero-order valence-electron chi connectivity index (χ0n) is 11.4. The minimum absolute atomic E-state index is 0.281. The number of nitrogens with one attached hydrogen (secondary N) is 2. The summed E-state index contributed by atoms with van der Waals surface area (Å²) in [6.07, 6.45) is 3.21.